The van der Waals surface area contributed by atoms with Crippen molar-refractivity contribution < 1.29 is 18.0 Å². The maximum Gasteiger partial charge on any atom is 0.416 e. The maximum atomic E-state index is 12.1. The van der Waals surface area contributed by atoms with Crippen LogP contribution in [-0.4, -0.2) is 0 Å². The fraction of sp³-hybridized carbons (Fsp3) is 0.143. The van der Waals surface area contributed by atoms with Gasteiger partial charge in [-0.1, -0.05) is 11.6 Å². The molecule has 13 heavy (non-hydrogen) atoms. The Kier molecular flexibility index (Phi) is 2.68. The predicted octanol–water partition coefficient (Wildman–Crippen LogP) is 2.61. The molecule has 72 valence electrons. The van der Waals surface area contributed by atoms with Crippen LogP contribution < -0.4 is 10.7 Å². The lowest BCUT2D eigenvalue weighted by Gasteiger charge is -2.08. The normalized spacial score (nSPS) is 11.5. The van der Waals surface area contributed by atoms with Crippen LogP contribution in [0.4, 0.5) is 13.2 Å². The van der Waals surface area contributed by atoms with E-state index in [1.54, 1.807) is 0 Å². The van der Waals surface area contributed by atoms with E-state index in [0.717, 1.165) is 18.2 Å². The molecule has 0 heterocycles. The molecule has 0 spiro atoms. The van der Waals surface area contributed by atoms with E-state index in [9.17, 15) is 13.2 Å². The molecule has 1 aromatic carbocycles. The van der Waals surface area contributed by atoms with Crippen molar-refractivity contribution in [1.29, 1.82) is 0 Å². The van der Waals surface area contributed by atoms with Gasteiger partial charge >= 0.3 is 6.18 Å². The molecular weight excluding hydrogens is 207 g/mol. The lowest BCUT2D eigenvalue weighted by molar-refractivity contribution is -0.137. The van der Waals surface area contributed by atoms with Crippen molar-refractivity contribution in [2.75, 3.05) is 0 Å². The Hall–Kier alpha value is -0.940. The van der Waals surface area contributed by atoms with Gasteiger partial charge in [0, 0.05) is 0 Å². The lowest BCUT2D eigenvalue weighted by Crippen LogP contribution is -2.07. The standard InChI is InChI=1S/C7H5ClF3NO/c8-5-2-1-4(7(9,10)11)3-6(5)13-12/h1-3H,12H2. The zero-order valence-corrected chi connectivity index (χ0v) is 6.99. The summed E-state index contributed by atoms with van der Waals surface area (Å²) >= 11 is 5.47. The topological polar surface area (TPSA) is 35.2 Å². The first kappa shape index (κ1) is 10.1. The highest BCUT2D eigenvalue weighted by Crippen LogP contribution is 2.34. The average molecular weight is 212 g/mol. The highest BCUT2D eigenvalue weighted by Gasteiger charge is 2.31. The molecule has 0 amide bonds. The quantitative estimate of drug-likeness (QED) is 0.725. The third kappa shape index (κ3) is 2.26. The third-order valence-corrected chi connectivity index (χ3v) is 1.70. The minimum Gasteiger partial charge on any atom is -0.410 e. The molecule has 0 radical (unpaired) electrons. The van der Waals surface area contributed by atoms with Gasteiger partial charge in [0.25, 0.3) is 0 Å². The van der Waals surface area contributed by atoms with E-state index in [0.29, 0.717) is 0 Å². The number of halogens is 4. The molecule has 1 aromatic rings. The van der Waals surface area contributed by atoms with Crippen molar-refractivity contribution in [3.8, 4) is 5.75 Å². The third-order valence-electron chi connectivity index (χ3n) is 1.39. The molecule has 0 aliphatic rings. The molecule has 0 aromatic heterocycles. The Balaban J connectivity index is 3.14. The zero-order valence-electron chi connectivity index (χ0n) is 6.23. The first-order chi connectivity index (χ1) is 5.95. The van der Waals surface area contributed by atoms with Crippen LogP contribution in [0.2, 0.25) is 5.02 Å². The second kappa shape index (κ2) is 3.43. The van der Waals surface area contributed by atoms with Gasteiger partial charge < -0.3 is 4.84 Å². The van der Waals surface area contributed by atoms with E-state index in [4.69, 9.17) is 17.5 Å². The fourth-order valence-corrected chi connectivity index (χ4v) is 0.932. The van der Waals surface area contributed by atoms with Gasteiger partial charge in [-0.25, -0.2) is 0 Å². The summed E-state index contributed by atoms with van der Waals surface area (Å²) in [4.78, 5) is 4.15. The van der Waals surface area contributed by atoms with Gasteiger partial charge in [0.1, 0.15) is 0 Å². The second-order valence-electron chi connectivity index (χ2n) is 2.26. The van der Waals surface area contributed by atoms with E-state index >= 15 is 0 Å². The molecule has 0 unspecified atom stereocenters. The van der Waals surface area contributed by atoms with Gasteiger partial charge in [-0.15, -0.1) is 0 Å². The SMILES string of the molecule is NOc1cc(C(F)(F)F)ccc1Cl. The van der Waals surface area contributed by atoms with Crippen molar-refractivity contribution in [3.05, 3.63) is 28.8 Å². The monoisotopic (exact) mass is 211 g/mol. The van der Waals surface area contributed by atoms with Gasteiger partial charge in [-0.3, -0.25) is 0 Å². The Morgan fingerprint density at radius 3 is 2.38 bits per heavy atom. The summed E-state index contributed by atoms with van der Waals surface area (Å²) in [5.74, 6) is 4.51. The van der Waals surface area contributed by atoms with Crippen LogP contribution in [0.1, 0.15) is 5.56 Å². The lowest BCUT2D eigenvalue weighted by atomic mass is 10.2. The summed E-state index contributed by atoms with van der Waals surface area (Å²) in [6, 6.07) is 2.67. The van der Waals surface area contributed by atoms with Crippen LogP contribution in [0, 0.1) is 0 Å². The fourth-order valence-electron chi connectivity index (χ4n) is 0.770. The van der Waals surface area contributed by atoms with Crippen LogP contribution in [0.3, 0.4) is 0 Å². The Labute approximate surface area is 77.0 Å². The smallest absolute Gasteiger partial charge is 0.410 e. The summed E-state index contributed by atoms with van der Waals surface area (Å²) in [5.41, 5.74) is -0.850. The second-order valence-corrected chi connectivity index (χ2v) is 2.67. The Morgan fingerprint density at radius 1 is 1.31 bits per heavy atom. The minimum atomic E-state index is -4.42. The minimum absolute atomic E-state index is 0.0375. The van der Waals surface area contributed by atoms with Crippen LogP contribution in [0.25, 0.3) is 0 Å². The summed E-state index contributed by atoms with van der Waals surface area (Å²) < 4.78 is 36.3. The largest absolute Gasteiger partial charge is 0.416 e. The molecule has 6 heteroatoms. The first-order valence-corrected chi connectivity index (χ1v) is 3.56. The van der Waals surface area contributed by atoms with E-state index in [2.05, 4.69) is 4.84 Å². The predicted molar refractivity (Wildman–Crippen MR) is 41.3 cm³/mol. The number of nitrogens with two attached hydrogens (primary N) is 1. The van der Waals surface area contributed by atoms with E-state index in [-0.39, 0.29) is 10.8 Å². The molecule has 1 rings (SSSR count). The summed E-state index contributed by atoms with van der Waals surface area (Å²) in [6.07, 6.45) is -4.42. The van der Waals surface area contributed by atoms with Crippen LogP contribution in [-0.2, 0) is 6.18 Å². The number of hydrogen-bond acceptors (Lipinski definition) is 2. The van der Waals surface area contributed by atoms with E-state index < -0.39 is 11.7 Å². The molecule has 2 N–H and O–H groups in total. The number of benzene rings is 1. The van der Waals surface area contributed by atoms with Crippen LogP contribution in [0.15, 0.2) is 18.2 Å². The van der Waals surface area contributed by atoms with Crippen molar-refractivity contribution in [2.45, 2.75) is 6.18 Å². The number of hydrogen-bond donors (Lipinski definition) is 1. The van der Waals surface area contributed by atoms with Crippen LogP contribution in [0.5, 0.6) is 5.75 Å². The number of rotatable bonds is 1. The zero-order chi connectivity index (χ0) is 10.1. The molecule has 0 aliphatic heterocycles. The Morgan fingerprint density at radius 2 is 1.92 bits per heavy atom. The molecule has 0 aliphatic carbocycles. The molecular formula is C7H5ClF3NO. The van der Waals surface area contributed by atoms with Crippen molar-refractivity contribution in [1.82, 2.24) is 0 Å². The van der Waals surface area contributed by atoms with Crippen LogP contribution >= 0.6 is 11.6 Å². The number of alkyl halides is 3. The summed E-state index contributed by atoms with van der Waals surface area (Å²) in [5, 5.41) is 0.0375. The van der Waals surface area contributed by atoms with Crippen molar-refractivity contribution in [3.63, 3.8) is 0 Å². The van der Waals surface area contributed by atoms with Gasteiger partial charge in [0.15, 0.2) is 5.75 Å². The van der Waals surface area contributed by atoms with Crippen molar-refractivity contribution >= 4 is 11.6 Å². The summed E-state index contributed by atoms with van der Waals surface area (Å²) in [7, 11) is 0. The highest BCUT2D eigenvalue weighted by molar-refractivity contribution is 6.32. The molecule has 2 nitrogen and oxygen atoms in total. The summed E-state index contributed by atoms with van der Waals surface area (Å²) in [6.45, 7) is 0. The molecule has 0 saturated carbocycles. The highest BCUT2D eigenvalue weighted by atomic mass is 35.5. The molecule has 0 saturated heterocycles. The van der Waals surface area contributed by atoms with Gasteiger partial charge in [0.2, 0.25) is 0 Å². The van der Waals surface area contributed by atoms with Crippen molar-refractivity contribution in [2.24, 2.45) is 5.90 Å². The molecule has 0 bridgehead atoms. The Bertz CT molecular complexity index is 313. The van der Waals surface area contributed by atoms with Gasteiger partial charge in [-0.2, -0.15) is 19.1 Å². The first-order valence-electron chi connectivity index (χ1n) is 3.18. The average Bonchev–Trinajstić information content (AvgIpc) is 2.03. The molecule has 0 fully saturated rings. The van der Waals surface area contributed by atoms with E-state index in [1.807, 2.05) is 0 Å². The maximum absolute atomic E-state index is 12.1. The molecule has 0 atom stereocenters. The van der Waals surface area contributed by atoms with E-state index in [1.165, 1.54) is 0 Å². The van der Waals surface area contributed by atoms with Gasteiger partial charge in [0.05, 0.1) is 10.6 Å². The van der Waals surface area contributed by atoms with Gasteiger partial charge in [-0.05, 0) is 18.2 Å².